The minimum atomic E-state index is -0.199. The molecule has 4 heterocycles. The summed E-state index contributed by atoms with van der Waals surface area (Å²) in [6.45, 7) is 3.85. The van der Waals surface area contributed by atoms with Crippen molar-refractivity contribution in [1.29, 1.82) is 0 Å². The van der Waals surface area contributed by atoms with Gasteiger partial charge in [0.05, 0.1) is 35.5 Å². The minimum Gasteiger partial charge on any atom is -0.497 e. The van der Waals surface area contributed by atoms with Crippen LogP contribution in [-0.4, -0.2) is 36.5 Å². The van der Waals surface area contributed by atoms with E-state index in [0.717, 1.165) is 33.8 Å². The molecule has 0 unspecified atom stereocenters. The molecule has 1 atom stereocenters. The summed E-state index contributed by atoms with van der Waals surface area (Å²) in [7, 11) is 1.66. The summed E-state index contributed by atoms with van der Waals surface area (Å²) in [5.41, 5.74) is 5.27. The van der Waals surface area contributed by atoms with E-state index in [-0.39, 0.29) is 5.92 Å². The molecule has 0 bridgehead atoms. The fourth-order valence-electron chi connectivity index (χ4n) is 4.37. The zero-order valence-corrected chi connectivity index (χ0v) is 18.9. The highest BCUT2D eigenvalue weighted by Crippen LogP contribution is 2.49. The van der Waals surface area contributed by atoms with Crippen LogP contribution in [0.4, 0.5) is 0 Å². The van der Waals surface area contributed by atoms with Crippen molar-refractivity contribution in [1.82, 2.24) is 29.4 Å². The highest BCUT2D eigenvalue weighted by Gasteiger charge is 2.38. The molecule has 0 amide bonds. The Morgan fingerprint density at radius 3 is 2.45 bits per heavy atom. The summed E-state index contributed by atoms with van der Waals surface area (Å²) < 4.78 is 15.2. The first-order chi connectivity index (χ1) is 16.0. The molecule has 0 N–H and O–H groups in total. The quantitative estimate of drug-likeness (QED) is 0.376. The zero-order valence-electron chi connectivity index (χ0n) is 18.2. The molecule has 3 aromatic heterocycles. The van der Waals surface area contributed by atoms with E-state index in [0.29, 0.717) is 28.3 Å². The van der Waals surface area contributed by atoms with Gasteiger partial charge in [0.1, 0.15) is 17.9 Å². The number of halogens is 1. The van der Waals surface area contributed by atoms with Crippen molar-refractivity contribution in [3.8, 4) is 23.2 Å². The molecule has 6 rings (SSSR count). The van der Waals surface area contributed by atoms with Crippen LogP contribution in [0.5, 0.6) is 17.5 Å². The van der Waals surface area contributed by atoms with Crippen molar-refractivity contribution in [2.45, 2.75) is 19.8 Å². The van der Waals surface area contributed by atoms with Gasteiger partial charge in [-0.05, 0) is 55.8 Å². The molecular weight excluding hydrogens is 440 g/mol. The van der Waals surface area contributed by atoms with Gasteiger partial charge in [0, 0.05) is 5.02 Å². The number of aromatic nitrogens is 6. The van der Waals surface area contributed by atoms with Gasteiger partial charge in [-0.3, -0.25) is 0 Å². The van der Waals surface area contributed by atoms with Crippen LogP contribution < -0.4 is 9.47 Å². The fraction of sp³-hybridized carbons (Fsp3) is 0.167. The first-order valence-electron chi connectivity index (χ1n) is 10.4. The maximum absolute atomic E-state index is 6.38. The Balaban J connectivity index is 1.63. The molecule has 0 aliphatic carbocycles. The summed E-state index contributed by atoms with van der Waals surface area (Å²) in [5, 5.41) is 9.93. The van der Waals surface area contributed by atoms with Gasteiger partial charge in [0.2, 0.25) is 11.8 Å². The molecular formula is C24H19ClN6O2. The largest absolute Gasteiger partial charge is 0.497 e. The number of ether oxygens (including phenoxy) is 2. The topological polar surface area (TPSA) is 79.4 Å². The van der Waals surface area contributed by atoms with Crippen molar-refractivity contribution in [3.63, 3.8) is 0 Å². The molecule has 8 nitrogen and oxygen atoms in total. The summed E-state index contributed by atoms with van der Waals surface area (Å²) in [5.74, 6) is 2.36. The second kappa shape index (κ2) is 7.31. The highest BCUT2D eigenvalue weighted by molar-refractivity contribution is 6.30. The third-order valence-corrected chi connectivity index (χ3v) is 6.10. The molecule has 0 spiro atoms. The van der Waals surface area contributed by atoms with E-state index in [9.17, 15) is 0 Å². The second-order valence-electron chi connectivity index (χ2n) is 7.89. The smallest absolute Gasteiger partial charge is 0.230 e. The average Bonchev–Trinajstić information content (AvgIpc) is 3.37. The molecule has 1 aliphatic rings. The number of benzene rings is 2. The van der Waals surface area contributed by atoms with Crippen LogP contribution in [0.2, 0.25) is 5.02 Å². The number of hydrogen-bond acceptors (Lipinski definition) is 6. The van der Waals surface area contributed by atoms with Gasteiger partial charge in [-0.15, -0.1) is 0 Å². The Morgan fingerprint density at radius 2 is 1.73 bits per heavy atom. The molecule has 5 aromatic rings. The third kappa shape index (κ3) is 3.06. The molecule has 0 radical (unpaired) electrons. The Bertz CT molecular complexity index is 1510. The average molecular weight is 459 g/mol. The fourth-order valence-corrected chi connectivity index (χ4v) is 4.50. The van der Waals surface area contributed by atoms with Crippen molar-refractivity contribution >= 4 is 17.2 Å². The van der Waals surface area contributed by atoms with Crippen LogP contribution >= 0.6 is 11.6 Å². The number of aryl methyl sites for hydroxylation is 2. The Morgan fingerprint density at radius 1 is 0.970 bits per heavy atom. The van der Waals surface area contributed by atoms with Crippen LogP contribution in [0.1, 0.15) is 34.1 Å². The summed E-state index contributed by atoms with van der Waals surface area (Å²) in [6, 6.07) is 15.5. The van der Waals surface area contributed by atoms with E-state index >= 15 is 0 Å². The first-order valence-corrected chi connectivity index (χ1v) is 10.8. The van der Waals surface area contributed by atoms with Crippen LogP contribution in [0.3, 0.4) is 0 Å². The monoisotopic (exact) mass is 458 g/mol. The lowest BCUT2D eigenvalue weighted by Gasteiger charge is -2.26. The molecule has 0 fully saturated rings. The molecule has 164 valence electrons. The molecule has 2 aromatic carbocycles. The Kier molecular flexibility index (Phi) is 4.38. The van der Waals surface area contributed by atoms with Gasteiger partial charge in [-0.1, -0.05) is 23.7 Å². The lowest BCUT2D eigenvalue weighted by molar-refractivity contribution is 0.402. The molecule has 33 heavy (non-hydrogen) atoms. The van der Waals surface area contributed by atoms with E-state index in [1.807, 2.05) is 62.4 Å². The maximum atomic E-state index is 6.38. The van der Waals surface area contributed by atoms with Gasteiger partial charge in [-0.25, -0.2) is 19.2 Å². The normalized spacial score (nSPS) is 14.6. The lowest BCUT2D eigenvalue weighted by atomic mass is 9.84. The van der Waals surface area contributed by atoms with Gasteiger partial charge >= 0.3 is 0 Å². The van der Waals surface area contributed by atoms with E-state index in [1.54, 1.807) is 22.6 Å². The summed E-state index contributed by atoms with van der Waals surface area (Å²) >= 11 is 6.10. The van der Waals surface area contributed by atoms with Gasteiger partial charge in [0.15, 0.2) is 5.65 Å². The third-order valence-electron chi connectivity index (χ3n) is 5.85. The first kappa shape index (κ1) is 19.8. The Labute approximate surface area is 194 Å². The number of methoxy groups -OCH3 is 1. The zero-order chi connectivity index (χ0) is 22.7. The molecule has 0 saturated heterocycles. The lowest BCUT2D eigenvalue weighted by Crippen LogP contribution is -2.16. The molecule has 0 saturated carbocycles. The number of fused-ring (bicyclic) bond motifs is 4. The van der Waals surface area contributed by atoms with E-state index in [2.05, 4.69) is 15.1 Å². The van der Waals surface area contributed by atoms with E-state index in [4.69, 9.17) is 26.2 Å². The van der Waals surface area contributed by atoms with E-state index < -0.39 is 0 Å². The van der Waals surface area contributed by atoms with Gasteiger partial charge in [0.25, 0.3) is 0 Å². The van der Waals surface area contributed by atoms with Crippen LogP contribution in [0.25, 0.3) is 11.3 Å². The van der Waals surface area contributed by atoms with Crippen molar-refractivity contribution in [2.24, 2.45) is 0 Å². The van der Waals surface area contributed by atoms with Crippen molar-refractivity contribution in [3.05, 3.63) is 88.1 Å². The highest BCUT2D eigenvalue weighted by atomic mass is 35.5. The Hall–Kier alpha value is -3.91. The van der Waals surface area contributed by atoms with Crippen molar-refractivity contribution < 1.29 is 9.47 Å². The number of hydrogen-bond donors (Lipinski definition) is 0. The predicted molar refractivity (Wildman–Crippen MR) is 123 cm³/mol. The van der Waals surface area contributed by atoms with Crippen LogP contribution in [0, 0.1) is 13.8 Å². The maximum Gasteiger partial charge on any atom is 0.230 e. The standard InChI is InChI=1S/C24H19ClN6O2/c1-13-19-20(15-4-10-18(32-3)11-5-15)21-22-27-14(2)29-30(22)12-26-23(21)33-24(19)31(28-13)17-8-6-16(25)7-9-17/h4-12,20H,1-3H3/t20-/m0/s1. The number of nitrogens with zero attached hydrogens (tertiary/aromatic N) is 6. The van der Waals surface area contributed by atoms with E-state index in [1.165, 1.54) is 0 Å². The van der Waals surface area contributed by atoms with Gasteiger partial charge < -0.3 is 9.47 Å². The minimum absolute atomic E-state index is 0.199. The molecule has 1 aliphatic heterocycles. The summed E-state index contributed by atoms with van der Waals surface area (Å²) in [4.78, 5) is 9.26. The second-order valence-corrected chi connectivity index (χ2v) is 8.33. The van der Waals surface area contributed by atoms with Crippen molar-refractivity contribution in [2.75, 3.05) is 7.11 Å². The number of rotatable bonds is 3. The molecule has 9 heteroatoms. The predicted octanol–water partition coefficient (Wildman–Crippen LogP) is 4.87. The summed E-state index contributed by atoms with van der Waals surface area (Å²) in [6.07, 6.45) is 1.63. The van der Waals surface area contributed by atoms with Crippen LogP contribution in [-0.2, 0) is 0 Å². The van der Waals surface area contributed by atoms with Crippen LogP contribution in [0.15, 0.2) is 54.9 Å². The SMILES string of the molecule is COc1ccc([C@H]2c3c(C)nn(-c4ccc(Cl)cc4)c3Oc3ncn4nc(C)nc4c32)cc1. The van der Waals surface area contributed by atoms with Gasteiger partial charge in [-0.2, -0.15) is 10.2 Å².